The molecule has 4 nitrogen and oxygen atoms in total. The van der Waals surface area contributed by atoms with Crippen LogP contribution in [0.4, 0.5) is 8.78 Å². The van der Waals surface area contributed by atoms with Crippen molar-refractivity contribution in [3.63, 3.8) is 0 Å². The summed E-state index contributed by atoms with van der Waals surface area (Å²) in [4.78, 5) is 25.8. The van der Waals surface area contributed by atoms with E-state index < -0.39 is 23.2 Å². The molecule has 7 heteroatoms. The number of H-pyrrole nitrogens is 1. The van der Waals surface area contributed by atoms with Gasteiger partial charge in [0.1, 0.15) is 0 Å². The fourth-order valence-electron chi connectivity index (χ4n) is 1.94. The normalized spacial score (nSPS) is 11.0. The van der Waals surface area contributed by atoms with E-state index in [4.69, 9.17) is 16.0 Å². The number of rotatable bonds is 2. The maximum atomic E-state index is 13.2. The first-order valence-corrected chi connectivity index (χ1v) is 6.15. The van der Waals surface area contributed by atoms with E-state index in [9.17, 15) is 18.4 Å². The van der Waals surface area contributed by atoms with E-state index in [2.05, 4.69) is 4.98 Å². The third-order valence-corrected chi connectivity index (χ3v) is 3.25. The zero-order chi connectivity index (χ0) is 15.1. The standard InChI is InChI=1S/C14H6ClF2NO3/c15-8-5-11-12(21-14(20)18-11)4-7(8)13(19)6-1-2-9(16)10(17)3-6/h1-5H,(H,18,20). The Hall–Kier alpha value is -2.47. The van der Waals surface area contributed by atoms with Gasteiger partial charge in [0.15, 0.2) is 23.0 Å². The summed E-state index contributed by atoms with van der Waals surface area (Å²) in [6.45, 7) is 0. The number of hydrogen-bond donors (Lipinski definition) is 1. The van der Waals surface area contributed by atoms with Gasteiger partial charge in [-0.3, -0.25) is 9.78 Å². The van der Waals surface area contributed by atoms with Crippen LogP contribution in [0.5, 0.6) is 0 Å². The van der Waals surface area contributed by atoms with E-state index in [0.29, 0.717) is 5.52 Å². The molecule has 0 aliphatic carbocycles. The molecule has 0 radical (unpaired) electrons. The van der Waals surface area contributed by atoms with Crippen molar-refractivity contribution in [3.05, 3.63) is 68.7 Å². The first kappa shape index (κ1) is 13.5. The van der Waals surface area contributed by atoms with Crippen LogP contribution >= 0.6 is 11.6 Å². The van der Waals surface area contributed by atoms with E-state index >= 15 is 0 Å². The maximum Gasteiger partial charge on any atom is 0.417 e. The minimum atomic E-state index is -1.13. The number of oxazole rings is 1. The summed E-state index contributed by atoms with van der Waals surface area (Å²) in [7, 11) is 0. The monoisotopic (exact) mass is 309 g/mol. The highest BCUT2D eigenvalue weighted by molar-refractivity contribution is 6.35. The van der Waals surface area contributed by atoms with Gasteiger partial charge < -0.3 is 4.42 Å². The third-order valence-electron chi connectivity index (χ3n) is 2.94. The molecule has 3 rings (SSSR count). The van der Waals surface area contributed by atoms with Gasteiger partial charge in [-0.15, -0.1) is 0 Å². The lowest BCUT2D eigenvalue weighted by Crippen LogP contribution is -2.03. The molecule has 3 aromatic rings. The quantitative estimate of drug-likeness (QED) is 0.739. The van der Waals surface area contributed by atoms with Gasteiger partial charge in [-0.1, -0.05) is 11.6 Å². The second-order valence-electron chi connectivity index (χ2n) is 4.30. The number of aromatic amines is 1. The van der Waals surface area contributed by atoms with Crippen molar-refractivity contribution in [2.45, 2.75) is 0 Å². The molecule has 0 unspecified atom stereocenters. The zero-order valence-corrected chi connectivity index (χ0v) is 11.0. The van der Waals surface area contributed by atoms with Crippen LogP contribution in [0.15, 0.2) is 39.5 Å². The highest BCUT2D eigenvalue weighted by Crippen LogP contribution is 2.25. The second-order valence-corrected chi connectivity index (χ2v) is 4.71. The molecule has 0 aliphatic rings. The van der Waals surface area contributed by atoms with Gasteiger partial charge in [-0.05, 0) is 30.3 Å². The molecular formula is C14H6ClF2NO3. The van der Waals surface area contributed by atoms with Gasteiger partial charge in [0.05, 0.1) is 10.5 Å². The minimum Gasteiger partial charge on any atom is -0.408 e. The molecule has 1 heterocycles. The number of hydrogen-bond acceptors (Lipinski definition) is 3. The van der Waals surface area contributed by atoms with Crippen LogP contribution in [0.25, 0.3) is 11.1 Å². The summed E-state index contributed by atoms with van der Waals surface area (Å²) in [5.41, 5.74) is 0.452. The highest BCUT2D eigenvalue weighted by Gasteiger charge is 2.17. The van der Waals surface area contributed by atoms with Crippen molar-refractivity contribution in [2.24, 2.45) is 0 Å². The summed E-state index contributed by atoms with van der Waals surface area (Å²) in [6.07, 6.45) is 0. The number of nitrogens with one attached hydrogen (secondary N) is 1. The van der Waals surface area contributed by atoms with Crippen LogP contribution in [-0.2, 0) is 0 Å². The predicted molar refractivity (Wildman–Crippen MR) is 71.6 cm³/mol. The first-order chi connectivity index (χ1) is 9.95. The molecule has 1 aromatic heterocycles. The first-order valence-electron chi connectivity index (χ1n) is 5.78. The third kappa shape index (κ3) is 2.34. The Balaban J connectivity index is 2.14. The molecule has 2 aromatic carbocycles. The maximum absolute atomic E-state index is 13.2. The molecule has 0 amide bonds. The minimum absolute atomic E-state index is 0.0259. The number of benzene rings is 2. The predicted octanol–water partition coefficient (Wildman–Crippen LogP) is 3.28. The zero-order valence-electron chi connectivity index (χ0n) is 10.2. The number of halogens is 3. The van der Waals surface area contributed by atoms with Crippen LogP contribution in [-0.4, -0.2) is 10.8 Å². The SMILES string of the molecule is O=C(c1ccc(F)c(F)c1)c1cc2oc(=O)[nH]c2cc1Cl. The van der Waals surface area contributed by atoms with Crippen molar-refractivity contribution in [1.82, 2.24) is 4.98 Å². The summed E-state index contributed by atoms with van der Waals surface area (Å²) in [6, 6.07) is 5.42. The van der Waals surface area contributed by atoms with Gasteiger partial charge in [-0.2, -0.15) is 0 Å². The average molecular weight is 310 g/mol. The van der Waals surface area contributed by atoms with Crippen LogP contribution in [0.2, 0.25) is 5.02 Å². The summed E-state index contributed by atoms with van der Waals surface area (Å²) >= 11 is 5.98. The molecule has 1 N–H and O–H groups in total. The Bertz CT molecular complexity index is 930. The molecule has 106 valence electrons. The Morgan fingerprint density at radius 1 is 1.14 bits per heavy atom. The van der Waals surface area contributed by atoms with E-state index in [-0.39, 0.29) is 21.7 Å². The Morgan fingerprint density at radius 2 is 1.90 bits per heavy atom. The summed E-state index contributed by atoms with van der Waals surface area (Å²) < 4.78 is 30.9. The van der Waals surface area contributed by atoms with Gasteiger partial charge >= 0.3 is 5.76 Å². The Labute approximate surface area is 121 Å². The number of ketones is 1. The van der Waals surface area contributed by atoms with Gasteiger partial charge in [0.2, 0.25) is 0 Å². The van der Waals surface area contributed by atoms with Crippen molar-refractivity contribution in [3.8, 4) is 0 Å². The molecular weight excluding hydrogens is 304 g/mol. The van der Waals surface area contributed by atoms with Crippen molar-refractivity contribution in [1.29, 1.82) is 0 Å². The largest absolute Gasteiger partial charge is 0.417 e. The molecule has 0 saturated carbocycles. The van der Waals surface area contributed by atoms with E-state index in [1.54, 1.807) is 0 Å². The van der Waals surface area contributed by atoms with Crippen molar-refractivity contribution >= 4 is 28.5 Å². The van der Waals surface area contributed by atoms with E-state index in [0.717, 1.165) is 18.2 Å². The van der Waals surface area contributed by atoms with Crippen molar-refractivity contribution < 1.29 is 18.0 Å². The molecule has 0 spiro atoms. The molecule has 0 saturated heterocycles. The van der Waals surface area contributed by atoms with Gasteiger partial charge in [-0.25, -0.2) is 13.6 Å². The topological polar surface area (TPSA) is 63.1 Å². The lowest BCUT2D eigenvalue weighted by atomic mass is 10.0. The van der Waals surface area contributed by atoms with E-state index in [1.165, 1.54) is 12.1 Å². The lowest BCUT2D eigenvalue weighted by molar-refractivity contribution is 0.103. The fourth-order valence-corrected chi connectivity index (χ4v) is 2.19. The Kier molecular flexibility index (Phi) is 3.10. The number of aromatic nitrogens is 1. The second kappa shape index (κ2) is 4.82. The van der Waals surface area contributed by atoms with Crippen LogP contribution in [0, 0.1) is 11.6 Å². The molecule has 0 aliphatic heterocycles. The van der Waals surface area contributed by atoms with E-state index in [1.807, 2.05) is 0 Å². The number of fused-ring (bicyclic) bond motifs is 1. The van der Waals surface area contributed by atoms with Crippen LogP contribution < -0.4 is 5.76 Å². The van der Waals surface area contributed by atoms with Gasteiger partial charge in [0.25, 0.3) is 0 Å². The van der Waals surface area contributed by atoms with Crippen molar-refractivity contribution in [2.75, 3.05) is 0 Å². The smallest absolute Gasteiger partial charge is 0.408 e. The summed E-state index contributed by atoms with van der Waals surface area (Å²) in [5.74, 6) is -3.47. The molecule has 0 bridgehead atoms. The highest BCUT2D eigenvalue weighted by atomic mass is 35.5. The number of carbonyl (C=O) groups is 1. The average Bonchev–Trinajstić information content (AvgIpc) is 2.79. The molecule has 0 atom stereocenters. The Morgan fingerprint density at radius 3 is 2.62 bits per heavy atom. The molecule has 0 fully saturated rings. The lowest BCUT2D eigenvalue weighted by Gasteiger charge is -2.04. The van der Waals surface area contributed by atoms with Gasteiger partial charge in [0, 0.05) is 11.1 Å². The van der Waals surface area contributed by atoms with Crippen LogP contribution in [0.1, 0.15) is 15.9 Å². The summed E-state index contributed by atoms with van der Waals surface area (Å²) in [5, 5.41) is 0.0642. The van der Waals surface area contributed by atoms with Crippen LogP contribution in [0.3, 0.4) is 0 Å². The number of carbonyl (C=O) groups excluding carboxylic acids is 1. The molecule has 21 heavy (non-hydrogen) atoms. The fraction of sp³-hybridized carbons (Fsp3) is 0.